The average molecular weight is 237 g/mol. The summed E-state index contributed by atoms with van der Waals surface area (Å²) < 4.78 is 1.58. The molecule has 2 aromatic rings. The largest absolute Gasteiger partial charge is 0.389 e. The Morgan fingerprint density at radius 2 is 2.25 bits per heavy atom. The third-order valence-corrected chi connectivity index (χ3v) is 3.00. The van der Waals surface area contributed by atoms with Gasteiger partial charge in [0.1, 0.15) is 5.03 Å². The maximum absolute atomic E-state index is 9.33. The molecule has 2 aromatic heterocycles. The van der Waals surface area contributed by atoms with Crippen LogP contribution in [0.1, 0.15) is 18.6 Å². The molecule has 0 spiro atoms. The van der Waals surface area contributed by atoms with Crippen LogP contribution in [-0.2, 0) is 7.05 Å². The molecule has 0 aliphatic rings. The zero-order valence-electron chi connectivity index (χ0n) is 8.90. The number of hydrogen-bond acceptors (Lipinski definition) is 6. The van der Waals surface area contributed by atoms with Gasteiger partial charge in [-0.15, -0.1) is 5.10 Å². The fraction of sp³-hybridized carbons (Fsp3) is 0.333. The first-order valence-corrected chi connectivity index (χ1v) is 5.52. The maximum atomic E-state index is 9.33. The standard InChI is InChI=1S/C9H11N5OS/c1-6(15)7-3-4-8(10-5-7)16-9-11-12-13-14(9)2/h3-6,15H,1-2H3/t6-/m0/s1. The van der Waals surface area contributed by atoms with Crippen molar-refractivity contribution >= 4 is 11.8 Å². The summed E-state index contributed by atoms with van der Waals surface area (Å²) in [4.78, 5) is 4.21. The quantitative estimate of drug-likeness (QED) is 0.851. The Balaban J connectivity index is 2.14. The molecule has 6 nitrogen and oxygen atoms in total. The minimum Gasteiger partial charge on any atom is -0.389 e. The van der Waals surface area contributed by atoms with Crippen molar-refractivity contribution < 1.29 is 5.11 Å². The summed E-state index contributed by atoms with van der Waals surface area (Å²) in [6.07, 6.45) is 1.15. The number of aliphatic hydroxyl groups is 1. The third kappa shape index (κ3) is 2.37. The molecule has 84 valence electrons. The van der Waals surface area contributed by atoms with Gasteiger partial charge in [-0.1, -0.05) is 6.07 Å². The molecule has 0 aliphatic carbocycles. The highest BCUT2D eigenvalue weighted by Crippen LogP contribution is 2.23. The summed E-state index contributed by atoms with van der Waals surface area (Å²) in [5, 5.41) is 21.9. The van der Waals surface area contributed by atoms with Gasteiger partial charge in [0, 0.05) is 13.2 Å². The van der Waals surface area contributed by atoms with Crippen molar-refractivity contribution in [1.29, 1.82) is 0 Å². The second-order valence-electron chi connectivity index (χ2n) is 3.29. The Labute approximate surface area is 96.7 Å². The lowest BCUT2D eigenvalue weighted by Crippen LogP contribution is -1.95. The van der Waals surface area contributed by atoms with Crippen LogP contribution in [0.25, 0.3) is 0 Å². The number of pyridine rings is 1. The molecule has 0 unspecified atom stereocenters. The maximum Gasteiger partial charge on any atom is 0.215 e. The lowest BCUT2D eigenvalue weighted by atomic mass is 10.2. The van der Waals surface area contributed by atoms with Gasteiger partial charge in [-0.2, -0.15) is 0 Å². The highest BCUT2D eigenvalue weighted by atomic mass is 32.2. The van der Waals surface area contributed by atoms with Crippen molar-refractivity contribution in [2.45, 2.75) is 23.2 Å². The number of aryl methyl sites for hydroxylation is 1. The second kappa shape index (κ2) is 4.58. The average Bonchev–Trinajstić information content (AvgIpc) is 2.65. The molecule has 0 fully saturated rings. The number of aromatic nitrogens is 5. The summed E-state index contributed by atoms with van der Waals surface area (Å²) >= 11 is 1.38. The van der Waals surface area contributed by atoms with Crippen molar-refractivity contribution in [3.63, 3.8) is 0 Å². The predicted octanol–water partition coefficient (Wildman–Crippen LogP) is 0.810. The summed E-state index contributed by atoms with van der Waals surface area (Å²) in [6.45, 7) is 1.70. The van der Waals surface area contributed by atoms with Gasteiger partial charge in [-0.05, 0) is 40.7 Å². The molecule has 7 heteroatoms. The minimum absolute atomic E-state index is 0.497. The van der Waals surface area contributed by atoms with Crippen molar-refractivity contribution in [3.05, 3.63) is 23.9 Å². The molecule has 0 aliphatic heterocycles. The van der Waals surface area contributed by atoms with Crippen LogP contribution in [0, 0.1) is 0 Å². The molecule has 1 N–H and O–H groups in total. The first kappa shape index (κ1) is 11.0. The Hall–Kier alpha value is -1.47. The Kier molecular flexibility index (Phi) is 3.16. The summed E-state index contributed by atoms with van der Waals surface area (Å²) in [7, 11) is 1.77. The van der Waals surface area contributed by atoms with Crippen LogP contribution in [-0.4, -0.2) is 30.3 Å². The van der Waals surface area contributed by atoms with Crippen LogP contribution in [0.3, 0.4) is 0 Å². The first-order valence-electron chi connectivity index (χ1n) is 4.71. The second-order valence-corrected chi connectivity index (χ2v) is 4.28. The van der Waals surface area contributed by atoms with E-state index in [1.54, 1.807) is 24.9 Å². The van der Waals surface area contributed by atoms with Gasteiger partial charge in [-0.3, -0.25) is 0 Å². The van der Waals surface area contributed by atoms with Crippen LogP contribution in [0.15, 0.2) is 28.5 Å². The van der Waals surface area contributed by atoms with Gasteiger partial charge in [0.25, 0.3) is 0 Å². The van der Waals surface area contributed by atoms with E-state index in [4.69, 9.17) is 0 Å². The molecule has 2 heterocycles. The van der Waals surface area contributed by atoms with Crippen LogP contribution < -0.4 is 0 Å². The zero-order valence-corrected chi connectivity index (χ0v) is 9.72. The molecule has 0 aromatic carbocycles. The normalized spacial score (nSPS) is 12.7. The van der Waals surface area contributed by atoms with E-state index in [1.807, 2.05) is 12.1 Å². The molecule has 0 radical (unpaired) electrons. The third-order valence-electron chi connectivity index (χ3n) is 2.02. The van der Waals surface area contributed by atoms with Crippen molar-refractivity contribution in [2.75, 3.05) is 0 Å². The van der Waals surface area contributed by atoms with Gasteiger partial charge in [0.05, 0.1) is 6.10 Å². The van der Waals surface area contributed by atoms with Crippen LogP contribution >= 0.6 is 11.8 Å². The molecule has 0 saturated carbocycles. The van der Waals surface area contributed by atoms with Crippen molar-refractivity contribution in [1.82, 2.24) is 25.2 Å². The van der Waals surface area contributed by atoms with Gasteiger partial charge in [0.2, 0.25) is 5.16 Å². The molecular formula is C9H11N5OS. The van der Waals surface area contributed by atoms with Gasteiger partial charge < -0.3 is 5.11 Å². The molecule has 0 saturated heterocycles. The number of tetrazole rings is 1. The van der Waals surface area contributed by atoms with E-state index in [-0.39, 0.29) is 0 Å². The minimum atomic E-state index is -0.497. The van der Waals surface area contributed by atoms with E-state index in [1.165, 1.54) is 11.8 Å². The monoisotopic (exact) mass is 237 g/mol. The van der Waals surface area contributed by atoms with Crippen LogP contribution in [0.2, 0.25) is 0 Å². The van der Waals surface area contributed by atoms with E-state index in [2.05, 4.69) is 20.5 Å². The fourth-order valence-electron chi connectivity index (χ4n) is 1.10. The molecular weight excluding hydrogens is 226 g/mol. The number of hydrogen-bond donors (Lipinski definition) is 1. The van der Waals surface area contributed by atoms with Gasteiger partial charge >= 0.3 is 0 Å². The Morgan fingerprint density at radius 1 is 1.44 bits per heavy atom. The number of nitrogens with zero attached hydrogens (tertiary/aromatic N) is 5. The number of aliphatic hydroxyl groups excluding tert-OH is 1. The van der Waals surface area contributed by atoms with Gasteiger partial charge in [0.15, 0.2) is 0 Å². The highest BCUT2D eigenvalue weighted by molar-refractivity contribution is 7.99. The van der Waals surface area contributed by atoms with Gasteiger partial charge in [-0.25, -0.2) is 9.67 Å². The van der Waals surface area contributed by atoms with Crippen LogP contribution in [0.5, 0.6) is 0 Å². The van der Waals surface area contributed by atoms with E-state index in [0.717, 1.165) is 10.6 Å². The van der Waals surface area contributed by atoms with Crippen molar-refractivity contribution in [2.24, 2.45) is 7.05 Å². The molecule has 0 bridgehead atoms. The van der Waals surface area contributed by atoms with Crippen LogP contribution in [0.4, 0.5) is 0 Å². The Morgan fingerprint density at radius 3 is 2.75 bits per heavy atom. The van der Waals surface area contributed by atoms with E-state index in [9.17, 15) is 5.11 Å². The topological polar surface area (TPSA) is 76.7 Å². The zero-order chi connectivity index (χ0) is 11.5. The van der Waals surface area contributed by atoms with E-state index in [0.29, 0.717) is 5.16 Å². The lowest BCUT2D eigenvalue weighted by molar-refractivity contribution is 0.198. The molecule has 0 amide bonds. The van der Waals surface area contributed by atoms with Crippen molar-refractivity contribution in [3.8, 4) is 0 Å². The SMILES string of the molecule is C[C@H](O)c1ccc(Sc2nnnn2C)nc1. The number of rotatable bonds is 3. The smallest absolute Gasteiger partial charge is 0.215 e. The fourth-order valence-corrected chi connectivity index (χ4v) is 1.77. The summed E-state index contributed by atoms with van der Waals surface area (Å²) in [6, 6.07) is 3.67. The van der Waals surface area contributed by atoms with E-state index >= 15 is 0 Å². The molecule has 1 atom stereocenters. The highest BCUT2D eigenvalue weighted by Gasteiger charge is 2.06. The molecule has 2 rings (SSSR count). The molecule has 16 heavy (non-hydrogen) atoms. The summed E-state index contributed by atoms with van der Waals surface area (Å²) in [5.74, 6) is 0. The lowest BCUT2D eigenvalue weighted by Gasteiger charge is -2.04. The Bertz CT molecular complexity index is 467. The first-order chi connectivity index (χ1) is 7.66. The predicted molar refractivity (Wildman–Crippen MR) is 57.8 cm³/mol. The summed E-state index contributed by atoms with van der Waals surface area (Å²) in [5.41, 5.74) is 0.792. The van der Waals surface area contributed by atoms with E-state index < -0.39 is 6.10 Å².